The van der Waals surface area contributed by atoms with Gasteiger partial charge in [0.15, 0.2) is 0 Å². The van der Waals surface area contributed by atoms with E-state index in [0.29, 0.717) is 0 Å². The van der Waals surface area contributed by atoms with Gasteiger partial charge in [0, 0.05) is 39.3 Å². The molecule has 32 heavy (non-hydrogen) atoms. The topological polar surface area (TPSA) is 18.5 Å². The van der Waals surface area contributed by atoms with E-state index in [1.807, 2.05) is 108 Å². The van der Waals surface area contributed by atoms with Crippen molar-refractivity contribution in [2.45, 2.75) is 55.1 Å². The summed E-state index contributed by atoms with van der Waals surface area (Å²) in [6.07, 6.45) is 0. The summed E-state index contributed by atoms with van der Waals surface area (Å²) in [4.78, 5) is 0. The first kappa shape index (κ1) is 37.8. The van der Waals surface area contributed by atoms with Crippen LogP contribution in [0.5, 0.6) is 5.75 Å². The molecular weight excluding hydrogens is 469 g/mol. The molecule has 0 bridgehead atoms. The van der Waals surface area contributed by atoms with E-state index in [9.17, 15) is 0 Å². The van der Waals surface area contributed by atoms with Gasteiger partial charge in [0.2, 0.25) is 0 Å². The van der Waals surface area contributed by atoms with Gasteiger partial charge in [-0.05, 0) is 38.5 Å². The number of ether oxygens (including phenoxy) is 2. The molecule has 3 aromatic carbocycles. The smallest absolute Gasteiger partial charge is 0.119 e. The number of rotatable bonds is 5. The molecule has 0 aliphatic rings. The largest absolute Gasteiger partial charge is 0.494 e. The average molecular weight is 515 g/mol. The van der Waals surface area contributed by atoms with Crippen molar-refractivity contribution in [3.63, 3.8) is 0 Å². The van der Waals surface area contributed by atoms with Crippen molar-refractivity contribution in [3.05, 3.63) is 110 Å². The van der Waals surface area contributed by atoms with Crippen molar-refractivity contribution in [2.24, 2.45) is 0 Å². The second kappa shape index (κ2) is 31.7. The predicted octanol–water partition coefficient (Wildman–Crippen LogP) is 8.80. The van der Waals surface area contributed by atoms with Crippen molar-refractivity contribution < 1.29 is 42.2 Å². The van der Waals surface area contributed by atoms with Crippen LogP contribution in [0.3, 0.4) is 0 Å². The molecule has 3 aromatic rings. The summed E-state index contributed by atoms with van der Waals surface area (Å²) in [6.45, 7) is 16.3. The Balaban J connectivity index is -0.000000167. The Bertz CT molecular complexity index is 659. The summed E-state index contributed by atoms with van der Waals surface area (Å²) in [5.41, 5.74) is 2.56. The van der Waals surface area contributed by atoms with Crippen molar-refractivity contribution in [1.82, 2.24) is 0 Å². The third-order valence-corrected chi connectivity index (χ3v) is 3.31. The summed E-state index contributed by atoms with van der Waals surface area (Å²) in [5, 5.41) is 0. The molecule has 0 aromatic heterocycles. The van der Waals surface area contributed by atoms with Gasteiger partial charge in [-0.3, -0.25) is 0 Å². The maximum absolute atomic E-state index is 5.22. The Morgan fingerprint density at radius 3 is 1.34 bits per heavy atom. The molecule has 0 saturated heterocycles. The summed E-state index contributed by atoms with van der Waals surface area (Å²) in [6, 6.07) is 30.2. The second-order valence-corrected chi connectivity index (χ2v) is 5.52. The van der Waals surface area contributed by atoms with Crippen LogP contribution in [-0.4, -0.2) is 13.2 Å². The van der Waals surface area contributed by atoms with Crippen LogP contribution in [0.2, 0.25) is 0 Å². The number of hydrogen-bond donors (Lipinski definition) is 0. The minimum atomic E-state index is 0. The number of benzene rings is 3. The molecular formula is C29H45O2Y-. The molecule has 177 valence electrons. The van der Waals surface area contributed by atoms with Gasteiger partial charge in [-0.2, -0.15) is 0 Å². The van der Waals surface area contributed by atoms with Gasteiger partial charge in [-0.1, -0.05) is 112 Å². The molecule has 0 unspecified atom stereocenters. The molecule has 2 nitrogen and oxygen atoms in total. The average Bonchev–Trinajstić information content (AvgIpc) is 2.83. The zero-order valence-corrected chi connectivity index (χ0v) is 24.5. The first-order valence-electron chi connectivity index (χ1n) is 11.1. The zero-order chi connectivity index (χ0) is 22.9. The van der Waals surface area contributed by atoms with E-state index >= 15 is 0 Å². The van der Waals surface area contributed by atoms with E-state index in [4.69, 9.17) is 9.47 Å². The summed E-state index contributed by atoms with van der Waals surface area (Å²) in [5.74, 6) is 0.944. The van der Waals surface area contributed by atoms with Crippen LogP contribution < -0.4 is 4.74 Å². The number of hydrogen-bond acceptors (Lipinski definition) is 2. The molecule has 0 aliphatic carbocycles. The van der Waals surface area contributed by atoms with E-state index in [1.165, 1.54) is 11.1 Å². The summed E-state index contributed by atoms with van der Waals surface area (Å²) < 4.78 is 10.4. The van der Waals surface area contributed by atoms with Crippen molar-refractivity contribution in [1.29, 1.82) is 0 Å². The van der Waals surface area contributed by atoms with Crippen LogP contribution in [0.25, 0.3) is 0 Å². The minimum absolute atomic E-state index is 0. The number of para-hydroxylation sites is 1. The Kier molecular flexibility index (Phi) is 37.5. The van der Waals surface area contributed by atoms with Gasteiger partial charge in [0.1, 0.15) is 5.75 Å². The summed E-state index contributed by atoms with van der Waals surface area (Å²) >= 11 is 0. The standard InChI is InChI=1S/C9H12O.C8H10O.C7H8.2C2H6.CH3.Y/c1-2-10-8-9-6-4-3-5-7-9;1-2-9-8-6-4-3-5-7-8;1-7-5-3-2-4-6-7;2*1-2;;/h3-7H,2,8H2,1H3;3-7H,2H2,1H3;2-6H,1H3;2*1-2H3;1H3;/q;;;;;-1;. The van der Waals surface area contributed by atoms with Crippen LogP contribution in [-0.2, 0) is 44.1 Å². The maximum Gasteiger partial charge on any atom is 0.119 e. The van der Waals surface area contributed by atoms with Gasteiger partial charge in [0.05, 0.1) is 13.2 Å². The monoisotopic (exact) mass is 514 g/mol. The molecule has 0 saturated carbocycles. The predicted molar refractivity (Wildman–Crippen MR) is 140 cm³/mol. The second-order valence-electron chi connectivity index (χ2n) is 5.52. The fourth-order valence-corrected chi connectivity index (χ4v) is 2.01. The third-order valence-electron chi connectivity index (χ3n) is 3.31. The quantitative estimate of drug-likeness (QED) is 0.317. The van der Waals surface area contributed by atoms with E-state index in [1.54, 1.807) is 0 Å². The molecule has 0 amide bonds. The molecule has 0 heterocycles. The van der Waals surface area contributed by atoms with Gasteiger partial charge in [-0.15, -0.1) is 0 Å². The van der Waals surface area contributed by atoms with E-state index in [0.717, 1.165) is 25.6 Å². The zero-order valence-electron chi connectivity index (χ0n) is 21.7. The maximum atomic E-state index is 5.22. The minimum Gasteiger partial charge on any atom is -0.494 e. The first-order valence-corrected chi connectivity index (χ1v) is 11.1. The van der Waals surface area contributed by atoms with Crippen LogP contribution in [0.4, 0.5) is 0 Å². The van der Waals surface area contributed by atoms with Crippen molar-refractivity contribution >= 4 is 0 Å². The Morgan fingerprint density at radius 1 is 0.594 bits per heavy atom. The molecule has 0 aliphatic heterocycles. The first-order chi connectivity index (χ1) is 14.8. The Labute approximate surface area is 224 Å². The number of aryl methyl sites for hydroxylation is 1. The van der Waals surface area contributed by atoms with Gasteiger partial charge in [0.25, 0.3) is 0 Å². The third kappa shape index (κ3) is 24.8. The van der Waals surface area contributed by atoms with Crippen LogP contribution in [0.15, 0.2) is 91.0 Å². The Hall–Kier alpha value is -1.48. The van der Waals surface area contributed by atoms with E-state index in [-0.39, 0.29) is 40.1 Å². The van der Waals surface area contributed by atoms with E-state index in [2.05, 4.69) is 31.2 Å². The van der Waals surface area contributed by atoms with Crippen LogP contribution >= 0.6 is 0 Å². The van der Waals surface area contributed by atoms with Gasteiger partial charge >= 0.3 is 0 Å². The molecule has 3 heteroatoms. The van der Waals surface area contributed by atoms with Gasteiger partial charge in [-0.25, -0.2) is 0 Å². The van der Waals surface area contributed by atoms with Crippen molar-refractivity contribution in [2.75, 3.05) is 13.2 Å². The SMILES string of the molecule is CC.CC.CCOCc1ccccc1.CCOc1ccccc1.Cc1ccccc1.[CH3-].[Y]. The van der Waals surface area contributed by atoms with Crippen molar-refractivity contribution in [3.8, 4) is 5.75 Å². The molecule has 0 spiro atoms. The molecule has 0 atom stereocenters. The fraction of sp³-hybridized carbons (Fsp3) is 0.345. The van der Waals surface area contributed by atoms with Gasteiger partial charge < -0.3 is 16.9 Å². The normalized spacial score (nSPS) is 7.84. The van der Waals surface area contributed by atoms with Crippen LogP contribution in [0, 0.1) is 14.4 Å². The molecule has 0 N–H and O–H groups in total. The Morgan fingerprint density at radius 2 is 1.00 bits per heavy atom. The molecule has 3 rings (SSSR count). The fourth-order valence-electron chi connectivity index (χ4n) is 2.01. The van der Waals surface area contributed by atoms with Crippen LogP contribution in [0.1, 0.15) is 52.7 Å². The molecule has 1 radical (unpaired) electrons. The summed E-state index contributed by atoms with van der Waals surface area (Å²) in [7, 11) is 0. The molecule has 0 fully saturated rings. The van der Waals surface area contributed by atoms with E-state index < -0.39 is 0 Å².